The maximum absolute atomic E-state index is 12.8. The van der Waals surface area contributed by atoms with Gasteiger partial charge in [-0.15, -0.1) is 12.4 Å². The molecule has 2 heterocycles. The topological polar surface area (TPSA) is 61.4 Å². The predicted octanol–water partition coefficient (Wildman–Crippen LogP) is 1.81. The second-order valence-corrected chi connectivity index (χ2v) is 6.64. The van der Waals surface area contributed by atoms with Crippen molar-refractivity contribution in [1.82, 2.24) is 15.5 Å². The summed E-state index contributed by atoms with van der Waals surface area (Å²) in [6.07, 6.45) is -4.31. The summed E-state index contributed by atoms with van der Waals surface area (Å²) in [5.74, 6) is -0.372. The van der Waals surface area contributed by atoms with Crippen molar-refractivity contribution in [3.8, 4) is 0 Å². The summed E-state index contributed by atoms with van der Waals surface area (Å²) >= 11 is 0. The van der Waals surface area contributed by atoms with E-state index in [4.69, 9.17) is 0 Å². The zero-order valence-electron chi connectivity index (χ0n) is 14.0. The molecular formula is C17H21ClF3N3O2. The number of nitrogens with one attached hydrogen (secondary N) is 2. The highest BCUT2D eigenvalue weighted by Crippen LogP contribution is 2.30. The molecule has 144 valence electrons. The Kier molecular flexibility index (Phi) is 6.52. The molecule has 2 aliphatic heterocycles. The average molecular weight is 392 g/mol. The summed E-state index contributed by atoms with van der Waals surface area (Å²) in [5, 5.41) is 5.97. The molecule has 5 nitrogen and oxygen atoms in total. The molecule has 0 spiro atoms. The first-order valence-corrected chi connectivity index (χ1v) is 8.25. The van der Waals surface area contributed by atoms with Crippen molar-refractivity contribution in [3.05, 3.63) is 35.4 Å². The van der Waals surface area contributed by atoms with E-state index in [9.17, 15) is 22.8 Å². The van der Waals surface area contributed by atoms with Crippen molar-refractivity contribution in [2.75, 3.05) is 26.2 Å². The van der Waals surface area contributed by atoms with Crippen LogP contribution in [-0.4, -0.2) is 42.9 Å². The molecular weight excluding hydrogens is 371 g/mol. The molecule has 1 unspecified atom stereocenters. The molecule has 1 aromatic carbocycles. The number of rotatable bonds is 5. The standard InChI is InChI=1S/C17H20F3N3O2.ClH/c18-17(19,20)14-3-1-2-11(4-14)9-23-10-13(5-15(23)24)16(25)22-8-12-6-21-7-12;/h1-4,12-13,21H,5-10H2,(H,22,25);1H. The van der Waals surface area contributed by atoms with E-state index >= 15 is 0 Å². The third-order valence-electron chi connectivity index (χ3n) is 4.64. The lowest BCUT2D eigenvalue weighted by Gasteiger charge is -2.27. The minimum Gasteiger partial charge on any atom is -0.355 e. The maximum atomic E-state index is 12.8. The first-order valence-electron chi connectivity index (χ1n) is 8.25. The van der Waals surface area contributed by atoms with E-state index in [0.717, 1.165) is 25.2 Å². The maximum Gasteiger partial charge on any atom is 0.416 e. The number of hydrogen-bond acceptors (Lipinski definition) is 3. The van der Waals surface area contributed by atoms with E-state index in [1.165, 1.54) is 11.0 Å². The molecule has 9 heteroatoms. The number of carbonyl (C=O) groups is 2. The smallest absolute Gasteiger partial charge is 0.355 e. The molecule has 2 fully saturated rings. The average Bonchev–Trinajstić information content (AvgIpc) is 2.86. The fourth-order valence-electron chi connectivity index (χ4n) is 3.05. The van der Waals surface area contributed by atoms with Crippen molar-refractivity contribution >= 4 is 24.2 Å². The van der Waals surface area contributed by atoms with E-state index in [1.807, 2.05) is 0 Å². The third kappa shape index (κ3) is 4.88. The minimum absolute atomic E-state index is 0. The second kappa shape index (κ2) is 8.26. The highest BCUT2D eigenvalue weighted by molar-refractivity contribution is 5.89. The van der Waals surface area contributed by atoms with Crippen LogP contribution in [0, 0.1) is 11.8 Å². The van der Waals surface area contributed by atoms with Crippen LogP contribution in [0.1, 0.15) is 17.5 Å². The van der Waals surface area contributed by atoms with Gasteiger partial charge in [0.15, 0.2) is 0 Å². The van der Waals surface area contributed by atoms with Gasteiger partial charge in [0.1, 0.15) is 0 Å². The normalized spacial score (nSPS) is 20.5. The van der Waals surface area contributed by atoms with E-state index in [-0.39, 0.29) is 43.7 Å². The third-order valence-corrected chi connectivity index (χ3v) is 4.64. The Morgan fingerprint density at radius 1 is 1.31 bits per heavy atom. The van der Waals surface area contributed by atoms with E-state index in [2.05, 4.69) is 10.6 Å². The van der Waals surface area contributed by atoms with Crippen LogP contribution < -0.4 is 10.6 Å². The van der Waals surface area contributed by atoms with Crippen molar-refractivity contribution in [1.29, 1.82) is 0 Å². The number of benzene rings is 1. The SMILES string of the molecule is Cl.O=C(NCC1CNC1)C1CC(=O)N(Cc2cccc(C(F)(F)F)c2)C1. The van der Waals surface area contributed by atoms with Gasteiger partial charge in [0, 0.05) is 45.1 Å². The lowest BCUT2D eigenvalue weighted by atomic mass is 10.0. The predicted molar refractivity (Wildman–Crippen MR) is 91.6 cm³/mol. The molecule has 0 saturated carbocycles. The first-order chi connectivity index (χ1) is 11.8. The van der Waals surface area contributed by atoms with Crippen molar-refractivity contribution in [2.24, 2.45) is 11.8 Å². The fraction of sp³-hybridized carbons (Fsp3) is 0.529. The zero-order valence-corrected chi connectivity index (χ0v) is 14.8. The molecule has 0 aliphatic carbocycles. The molecule has 2 amide bonds. The van der Waals surface area contributed by atoms with Crippen LogP contribution >= 0.6 is 12.4 Å². The van der Waals surface area contributed by atoms with Crippen molar-refractivity contribution in [3.63, 3.8) is 0 Å². The number of likely N-dealkylation sites (tertiary alicyclic amines) is 1. The molecule has 0 bridgehead atoms. The van der Waals surface area contributed by atoms with Gasteiger partial charge in [-0.25, -0.2) is 0 Å². The van der Waals surface area contributed by atoms with Gasteiger partial charge in [-0.1, -0.05) is 12.1 Å². The van der Waals surface area contributed by atoms with Crippen LogP contribution in [-0.2, 0) is 22.3 Å². The van der Waals surface area contributed by atoms with Crippen LogP contribution in [0.2, 0.25) is 0 Å². The van der Waals surface area contributed by atoms with Gasteiger partial charge in [0.25, 0.3) is 0 Å². The number of alkyl halides is 3. The van der Waals surface area contributed by atoms with Crippen LogP contribution in [0.5, 0.6) is 0 Å². The Labute approximate surface area is 155 Å². The summed E-state index contributed by atoms with van der Waals surface area (Å²) in [6, 6.07) is 4.93. The summed E-state index contributed by atoms with van der Waals surface area (Å²) in [6.45, 7) is 2.67. The molecule has 26 heavy (non-hydrogen) atoms. The highest BCUT2D eigenvalue weighted by Gasteiger charge is 2.35. The van der Waals surface area contributed by atoms with Gasteiger partial charge in [0.2, 0.25) is 11.8 Å². The fourth-order valence-corrected chi connectivity index (χ4v) is 3.05. The quantitative estimate of drug-likeness (QED) is 0.804. The monoisotopic (exact) mass is 391 g/mol. The van der Waals surface area contributed by atoms with Gasteiger partial charge in [-0.05, 0) is 17.7 Å². The molecule has 2 N–H and O–H groups in total. The summed E-state index contributed by atoms with van der Waals surface area (Å²) in [5.41, 5.74) is -0.329. The van der Waals surface area contributed by atoms with Gasteiger partial charge in [-0.3, -0.25) is 9.59 Å². The molecule has 0 radical (unpaired) electrons. The molecule has 2 aliphatic rings. The number of halogens is 4. The minimum atomic E-state index is -4.41. The second-order valence-electron chi connectivity index (χ2n) is 6.64. The summed E-state index contributed by atoms with van der Waals surface area (Å²) in [4.78, 5) is 25.7. The van der Waals surface area contributed by atoms with E-state index < -0.39 is 17.7 Å². The summed E-state index contributed by atoms with van der Waals surface area (Å²) in [7, 11) is 0. The van der Waals surface area contributed by atoms with Crippen LogP contribution in [0.3, 0.4) is 0 Å². The van der Waals surface area contributed by atoms with Gasteiger partial charge in [-0.2, -0.15) is 13.2 Å². The van der Waals surface area contributed by atoms with Crippen molar-refractivity contribution < 1.29 is 22.8 Å². The van der Waals surface area contributed by atoms with Crippen molar-refractivity contribution in [2.45, 2.75) is 19.1 Å². The van der Waals surface area contributed by atoms with Gasteiger partial charge < -0.3 is 15.5 Å². The van der Waals surface area contributed by atoms with Crippen LogP contribution in [0.25, 0.3) is 0 Å². The molecule has 3 rings (SSSR count). The molecule has 1 atom stereocenters. The van der Waals surface area contributed by atoms with E-state index in [1.54, 1.807) is 6.07 Å². The number of amides is 2. The number of hydrogen-bond donors (Lipinski definition) is 2. The Morgan fingerprint density at radius 3 is 2.65 bits per heavy atom. The Morgan fingerprint density at radius 2 is 2.04 bits per heavy atom. The Bertz CT molecular complexity index is 665. The zero-order chi connectivity index (χ0) is 18.0. The van der Waals surface area contributed by atoms with Crippen LogP contribution in [0.4, 0.5) is 13.2 Å². The molecule has 0 aromatic heterocycles. The molecule has 2 saturated heterocycles. The largest absolute Gasteiger partial charge is 0.416 e. The first kappa shape index (κ1) is 20.5. The number of nitrogens with zero attached hydrogens (tertiary/aromatic N) is 1. The Balaban J connectivity index is 0.00000243. The van der Waals surface area contributed by atoms with E-state index in [0.29, 0.717) is 18.0 Å². The lowest BCUT2D eigenvalue weighted by Crippen LogP contribution is -2.49. The van der Waals surface area contributed by atoms with Gasteiger partial charge in [0.05, 0.1) is 11.5 Å². The number of carbonyl (C=O) groups excluding carboxylic acids is 2. The summed E-state index contributed by atoms with van der Waals surface area (Å²) < 4.78 is 38.3. The lowest BCUT2D eigenvalue weighted by molar-refractivity contribution is -0.137. The highest BCUT2D eigenvalue weighted by atomic mass is 35.5. The Hall–Kier alpha value is -1.80. The van der Waals surface area contributed by atoms with Crippen LogP contribution in [0.15, 0.2) is 24.3 Å². The van der Waals surface area contributed by atoms with Gasteiger partial charge >= 0.3 is 6.18 Å². The molecule has 1 aromatic rings.